The number of hydrogen-bond acceptors (Lipinski definition) is 4. The highest BCUT2D eigenvalue weighted by Crippen LogP contribution is 2.24. The second-order valence-corrected chi connectivity index (χ2v) is 5.79. The van der Waals surface area contributed by atoms with Gasteiger partial charge in [-0.3, -0.25) is 4.68 Å². The number of nitrogens with one attached hydrogen (secondary N) is 1. The van der Waals surface area contributed by atoms with Crippen molar-refractivity contribution in [3.8, 4) is 0 Å². The molecule has 5 nitrogen and oxygen atoms in total. The number of aryl methyl sites for hydroxylation is 2. The van der Waals surface area contributed by atoms with Gasteiger partial charge in [-0.05, 0) is 35.2 Å². The van der Waals surface area contributed by atoms with Crippen LogP contribution in [0.5, 0.6) is 0 Å². The Hall–Kier alpha value is -1.14. The molecular weight excluding hydrogens is 308 g/mol. The average Bonchev–Trinajstić information content (AvgIpc) is 2.94. The number of aromatic nitrogens is 3. The molecule has 0 fully saturated rings. The normalized spacial score (nSPS) is 14.6. The van der Waals surface area contributed by atoms with Crippen LogP contribution < -0.4 is 5.32 Å². The van der Waals surface area contributed by atoms with Crippen molar-refractivity contribution in [2.45, 2.75) is 38.8 Å². The first-order chi connectivity index (χ1) is 9.24. The third-order valence-corrected chi connectivity index (χ3v) is 4.13. The van der Waals surface area contributed by atoms with Gasteiger partial charge >= 0.3 is 0 Å². The van der Waals surface area contributed by atoms with Crippen molar-refractivity contribution >= 4 is 15.9 Å². The molecule has 0 saturated carbocycles. The van der Waals surface area contributed by atoms with Crippen molar-refractivity contribution in [3.05, 3.63) is 33.4 Å². The first kappa shape index (κ1) is 12.9. The van der Waals surface area contributed by atoms with Gasteiger partial charge in [-0.25, -0.2) is 0 Å². The fourth-order valence-electron chi connectivity index (χ4n) is 2.51. The van der Waals surface area contributed by atoms with Crippen molar-refractivity contribution < 1.29 is 4.52 Å². The van der Waals surface area contributed by atoms with Crippen molar-refractivity contribution in [3.63, 3.8) is 0 Å². The number of nitrogens with zero attached hydrogens (tertiary/aromatic N) is 3. The standard InChI is InChI=1S/C13H17BrN4O/c1-18-8-10(14)12(16-18)7-15-6-11-9-4-2-3-5-13(9)19-17-11/h8,15H,2-7H2,1H3. The molecule has 6 heteroatoms. The molecule has 3 rings (SSSR count). The number of rotatable bonds is 4. The predicted octanol–water partition coefficient (Wildman–Crippen LogP) is 2.34. The van der Waals surface area contributed by atoms with E-state index in [1.54, 1.807) is 4.68 Å². The van der Waals surface area contributed by atoms with Crippen molar-refractivity contribution in [2.24, 2.45) is 7.05 Å². The fourth-order valence-corrected chi connectivity index (χ4v) is 3.03. The molecule has 0 aliphatic heterocycles. The maximum atomic E-state index is 5.40. The van der Waals surface area contributed by atoms with Crippen LogP contribution in [0.25, 0.3) is 0 Å². The van der Waals surface area contributed by atoms with E-state index in [-0.39, 0.29) is 0 Å². The Morgan fingerprint density at radius 1 is 1.32 bits per heavy atom. The number of hydrogen-bond donors (Lipinski definition) is 1. The molecule has 19 heavy (non-hydrogen) atoms. The summed E-state index contributed by atoms with van der Waals surface area (Å²) in [4.78, 5) is 0. The van der Waals surface area contributed by atoms with Crippen molar-refractivity contribution in [1.82, 2.24) is 20.3 Å². The van der Waals surface area contributed by atoms with E-state index < -0.39 is 0 Å². The second-order valence-electron chi connectivity index (χ2n) is 4.94. The largest absolute Gasteiger partial charge is 0.361 e. The third-order valence-electron chi connectivity index (χ3n) is 3.47. The zero-order valence-electron chi connectivity index (χ0n) is 10.9. The third kappa shape index (κ3) is 2.74. The molecular formula is C13H17BrN4O. The molecule has 0 radical (unpaired) electrons. The monoisotopic (exact) mass is 324 g/mol. The van der Waals surface area contributed by atoms with Crippen molar-refractivity contribution in [2.75, 3.05) is 0 Å². The van der Waals surface area contributed by atoms with Gasteiger partial charge in [-0.2, -0.15) is 5.10 Å². The molecule has 0 atom stereocenters. The highest BCUT2D eigenvalue weighted by molar-refractivity contribution is 9.10. The van der Waals surface area contributed by atoms with E-state index >= 15 is 0 Å². The summed E-state index contributed by atoms with van der Waals surface area (Å²) in [5, 5.41) is 11.9. The lowest BCUT2D eigenvalue weighted by molar-refractivity contribution is 0.366. The van der Waals surface area contributed by atoms with Gasteiger partial charge in [0.05, 0.1) is 10.2 Å². The first-order valence-electron chi connectivity index (χ1n) is 6.59. The summed E-state index contributed by atoms with van der Waals surface area (Å²) in [6.07, 6.45) is 6.55. The molecule has 102 valence electrons. The van der Waals surface area contributed by atoms with Crippen LogP contribution in [0, 0.1) is 0 Å². The summed E-state index contributed by atoms with van der Waals surface area (Å²) in [5.41, 5.74) is 3.39. The topological polar surface area (TPSA) is 55.9 Å². The van der Waals surface area contributed by atoms with Crippen LogP contribution in [0.2, 0.25) is 0 Å². The van der Waals surface area contributed by atoms with E-state index in [2.05, 4.69) is 31.5 Å². The molecule has 0 spiro atoms. The van der Waals surface area contributed by atoms with Gasteiger partial charge in [0.2, 0.25) is 0 Å². The van der Waals surface area contributed by atoms with E-state index in [0.717, 1.165) is 47.6 Å². The minimum absolute atomic E-state index is 0.725. The molecule has 2 aromatic rings. The van der Waals surface area contributed by atoms with Crippen molar-refractivity contribution in [1.29, 1.82) is 0 Å². The van der Waals surface area contributed by atoms with Gasteiger partial charge in [0.25, 0.3) is 0 Å². The van der Waals surface area contributed by atoms with E-state index in [1.807, 2.05) is 13.2 Å². The highest BCUT2D eigenvalue weighted by atomic mass is 79.9. The molecule has 2 heterocycles. The van der Waals surface area contributed by atoms with Crippen LogP contribution >= 0.6 is 15.9 Å². The van der Waals surface area contributed by atoms with Gasteiger partial charge in [-0.15, -0.1) is 0 Å². The van der Waals surface area contributed by atoms with Gasteiger partial charge in [0.15, 0.2) is 0 Å². The average molecular weight is 325 g/mol. The molecule has 0 aromatic carbocycles. The zero-order chi connectivity index (χ0) is 13.2. The highest BCUT2D eigenvalue weighted by Gasteiger charge is 2.18. The number of halogens is 1. The van der Waals surface area contributed by atoms with Crippen LogP contribution in [-0.2, 0) is 33.0 Å². The quantitative estimate of drug-likeness (QED) is 0.937. The van der Waals surface area contributed by atoms with E-state index in [4.69, 9.17) is 4.52 Å². The van der Waals surface area contributed by atoms with Gasteiger partial charge in [0, 0.05) is 38.3 Å². The smallest absolute Gasteiger partial charge is 0.140 e. The lowest BCUT2D eigenvalue weighted by Gasteiger charge is -2.09. The molecule has 0 unspecified atom stereocenters. The van der Waals surface area contributed by atoms with Gasteiger partial charge in [-0.1, -0.05) is 5.16 Å². The Kier molecular flexibility index (Phi) is 3.70. The molecule has 0 saturated heterocycles. The Labute approximate surface area is 120 Å². The summed E-state index contributed by atoms with van der Waals surface area (Å²) >= 11 is 3.50. The minimum atomic E-state index is 0.725. The Morgan fingerprint density at radius 2 is 2.11 bits per heavy atom. The van der Waals surface area contributed by atoms with Crippen LogP contribution in [-0.4, -0.2) is 14.9 Å². The lowest BCUT2D eigenvalue weighted by atomic mass is 9.96. The first-order valence-corrected chi connectivity index (χ1v) is 7.38. The van der Waals surface area contributed by atoms with Crippen LogP contribution in [0.4, 0.5) is 0 Å². The summed E-state index contributed by atoms with van der Waals surface area (Å²) < 4.78 is 8.24. The lowest BCUT2D eigenvalue weighted by Crippen LogP contribution is -2.15. The Morgan fingerprint density at radius 3 is 2.89 bits per heavy atom. The second kappa shape index (κ2) is 5.46. The van der Waals surface area contributed by atoms with E-state index in [1.165, 1.54) is 18.4 Å². The molecule has 0 amide bonds. The van der Waals surface area contributed by atoms with E-state index in [0.29, 0.717) is 0 Å². The summed E-state index contributed by atoms with van der Waals surface area (Å²) in [6.45, 7) is 1.46. The Balaban J connectivity index is 1.61. The van der Waals surface area contributed by atoms with Crippen LogP contribution in [0.1, 0.15) is 35.6 Å². The SMILES string of the molecule is Cn1cc(Br)c(CNCc2noc3c2CCCC3)n1. The fraction of sp³-hybridized carbons (Fsp3) is 0.538. The predicted molar refractivity (Wildman–Crippen MR) is 74.6 cm³/mol. The maximum Gasteiger partial charge on any atom is 0.140 e. The molecule has 0 bridgehead atoms. The minimum Gasteiger partial charge on any atom is -0.361 e. The van der Waals surface area contributed by atoms with Crippen LogP contribution in [0.15, 0.2) is 15.2 Å². The van der Waals surface area contributed by atoms with E-state index in [9.17, 15) is 0 Å². The molecule has 2 aromatic heterocycles. The zero-order valence-corrected chi connectivity index (χ0v) is 12.5. The summed E-state index contributed by atoms with van der Waals surface area (Å²) in [5.74, 6) is 1.09. The number of fused-ring (bicyclic) bond motifs is 1. The molecule has 1 N–H and O–H groups in total. The molecule has 1 aliphatic carbocycles. The molecule has 1 aliphatic rings. The summed E-state index contributed by atoms with van der Waals surface area (Å²) in [7, 11) is 1.92. The van der Waals surface area contributed by atoms with Gasteiger partial charge < -0.3 is 9.84 Å². The van der Waals surface area contributed by atoms with Gasteiger partial charge in [0.1, 0.15) is 11.5 Å². The Bertz CT molecular complexity index is 575. The van der Waals surface area contributed by atoms with Crippen LogP contribution in [0.3, 0.4) is 0 Å². The maximum absolute atomic E-state index is 5.40. The summed E-state index contributed by atoms with van der Waals surface area (Å²) in [6, 6.07) is 0.